The lowest BCUT2D eigenvalue weighted by Gasteiger charge is -2.25. The van der Waals surface area contributed by atoms with Crippen molar-refractivity contribution in [3.05, 3.63) is 28.8 Å². The van der Waals surface area contributed by atoms with Crippen LogP contribution in [0.25, 0.3) is 0 Å². The van der Waals surface area contributed by atoms with Gasteiger partial charge >= 0.3 is 0 Å². The molecule has 0 N–H and O–H groups in total. The Kier molecular flexibility index (Phi) is 2.23. The van der Waals surface area contributed by atoms with Crippen LogP contribution in [0.1, 0.15) is 32.3 Å². The molecule has 1 aliphatic heterocycles. The van der Waals surface area contributed by atoms with E-state index in [2.05, 4.69) is 26.8 Å². The first-order valence-electron chi connectivity index (χ1n) is 4.91. The van der Waals surface area contributed by atoms with Crippen molar-refractivity contribution < 1.29 is 4.74 Å². The zero-order valence-corrected chi connectivity index (χ0v) is 9.56. The van der Waals surface area contributed by atoms with E-state index in [4.69, 9.17) is 16.3 Å². The number of ether oxygens (including phenoxy) is 1. The zero-order chi connectivity index (χ0) is 10.3. The standard InChI is InChI=1S/C12H15ClO/c1-12(2,3)10-7-14-11-6-8(13)4-5-9(10)11/h4-6,10H,7H2,1-3H3. The molecule has 0 amide bonds. The highest BCUT2D eigenvalue weighted by Crippen LogP contribution is 2.44. The quantitative estimate of drug-likeness (QED) is 0.632. The van der Waals surface area contributed by atoms with Crippen molar-refractivity contribution in [2.75, 3.05) is 6.61 Å². The third-order valence-corrected chi connectivity index (χ3v) is 3.04. The number of fused-ring (bicyclic) bond motifs is 1. The normalized spacial score (nSPS) is 20.4. The topological polar surface area (TPSA) is 9.23 Å². The number of hydrogen-bond donors (Lipinski definition) is 0. The summed E-state index contributed by atoms with van der Waals surface area (Å²) in [5.74, 6) is 1.44. The molecule has 0 aromatic heterocycles. The number of benzene rings is 1. The van der Waals surface area contributed by atoms with Gasteiger partial charge in [0, 0.05) is 16.5 Å². The summed E-state index contributed by atoms with van der Waals surface area (Å²) in [6, 6.07) is 5.93. The first-order chi connectivity index (χ1) is 6.48. The molecule has 0 bridgehead atoms. The fraction of sp³-hybridized carbons (Fsp3) is 0.500. The summed E-state index contributed by atoms with van der Waals surface area (Å²) in [7, 11) is 0. The van der Waals surface area contributed by atoms with Crippen LogP contribution in [0.2, 0.25) is 5.02 Å². The molecule has 1 aromatic rings. The summed E-state index contributed by atoms with van der Waals surface area (Å²) in [6.07, 6.45) is 0. The molecule has 0 fully saturated rings. The molecule has 14 heavy (non-hydrogen) atoms. The molecule has 1 heterocycles. The first kappa shape index (κ1) is 9.85. The lowest BCUT2D eigenvalue weighted by molar-refractivity contribution is 0.243. The molecule has 1 nitrogen and oxygen atoms in total. The lowest BCUT2D eigenvalue weighted by atomic mass is 9.78. The summed E-state index contributed by atoms with van der Waals surface area (Å²) in [5.41, 5.74) is 1.54. The molecular weight excluding hydrogens is 196 g/mol. The minimum atomic E-state index is 0.249. The molecule has 2 heteroatoms. The molecule has 0 saturated heterocycles. The third-order valence-electron chi connectivity index (χ3n) is 2.80. The first-order valence-corrected chi connectivity index (χ1v) is 5.28. The molecule has 1 unspecified atom stereocenters. The molecular formula is C12H15ClO. The largest absolute Gasteiger partial charge is 0.493 e. The Morgan fingerprint density at radius 2 is 2.07 bits per heavy atom. The van der Waals surface area contributed by atoms with Crippen molar-refractivity contribution >= 4 is 11.6 Å². The Hall–Kier alpha value is -0.690. The van der Waals surface area contributed by atoms with E-state index in [0.717, 1.165) is 17.4 Å². The smallest absolute Gasteiger partial charge is 0.124 e. The van der Waals surface area contributed by atoms with Crippen LogP contribution >= 0.6 is 11.6 Å². The zero-order valence-electron chi connectivity index (χ0n) is 8.80. The number of halogens is 1. The van der Waals surface area contributed by atoms with E-state index in [9.17, 15) is 0 Å². The van der Waals surface area contributed by atoms with Gasteiger partial charge in [0.25, 0.3) is 0 Å². The van der Waals surface area contributed by atoms with E-state index >= 15 is 0 Å². The predicted molar refractivity (Wildman–Crippen MR) is 59.1 cm³/mol. The highest BCUT2D eigenvalue weighted by molar-refractivity contribution is 6.30. The van der Waals surface area contributed by atoms with Crippen molar-refractivity contribution in [3.8, 4) is 5.75 Å². The second-order valence-electron chi connectivity index (χ2n) is 4.91. The van der Waals surface area contributed by atoms with Gasteiger partial charge in [-0.3, -0.25) is 0 Å². The lowest BCUT2D eigenvalue weighted by Crippen LogP contribution is -2.19. The molecule has 0 spiro atoms. The van der Waals surface area contributed by atoms with Crippen LogP contribution in [0.4, 0.5) is 0 Å². The molecule has 1 atom stereocenters. The van der Waals surface area contributed by atoms with Gasteiger partial charge in [0.05, 0.1) is 6.61 Å². The molecule has 2 rings (SSSR count). The SMILES string of the molecule is CC(C)(C)C1COc2cc(Cl)ccc21. The van der Waals surface area contributed by atoms with Crippen molar-refractivity contribution in [2.45, 2.75) is 26.7 Å². The van der Waals surface area contributed by atoms with Crippen LogP contribution in [-0.2, 0) is 0 Å². The average Bonchev–Trinajstić information content (AvgIpc) is 2.45. The van der Waals surface area contributed by atoms with Gasteiger partial charge in [-0.25, -0.2) is 0 Å². The van der Waals surface area contributed by atoms with Gasteiger partial charge < -0.3 is 4.74 Å². The van der Waals surface area contributed by atoms with E-state index in [1.807, 2.05) is 12.1 Å². The van der Waals surface area contributed by atoms with E-state index in [1.54, 1.807) is 0 Å². The second-order valence-corrected chi connectivity index (χ2v) is 5.35. The molecule has 76 valence electrons. The maximum absolute atomic E-state index is 5.91. The van der Waals surface area contributed by atoms with E-state index < -0.39 is 0 Å². The van der Waals surface area contributed by atoms with Crippen molar-refractivity contribution in [3.63, 3.8) is 0 Å². The Morgan fingerprint density at radius 1 is 1.36 bits per heavy atom. The predicted octanol–water partition coefficient (Wildman–Crippen LogP) is 3.86. The van der Waals surface area contributed by atoms with Crippen LogP contribution in [-0.4, -0.2) is 6.61 Å². The van der Waals surface area contributed by atoms with E-state index in [1.165, 1.54) is 5.56 Å². The van der Waals surface area contributed by atoms with Crippen molar-refractivity contribution in [1.29, 1.82) is 0 Å². The second kappa shape index (κ2) is 3.16. The van der Waals surface area contributed by atoms with Gasteiger partial charge in [0.1, 0.15) is 5.75 Å². The fourth-order valence-electron chi connectivity index (χ4n) is 1.90. The Morgan fingerprint density at radius 3 is 2.71 bits per heavy atom. The van der Waals surface area contributed by atoms with Gasteiger partial charge in [-0.15, -0.1) is 0 Å². The molecule has 0 radical (unpaired) electrons. The Bertz CT molecular complexity index is 352. The maximum Gasteiger partial charge on any atom is 0.124 e. The Balaban J connectivity index is 2.41. The maximum atomic E-state index is 5.91. The molecule has 0 aliphatic carbocycles. The summed E-state index contributed by atoms with van der Waals surface area (Å²) < 4.78 is 5.63. The van der Waals surface area contributed by atoms with E-state index in [-0.39, 0.29) is 5.41 Å². The van der Waals surface area contributed by atoms with Crippen LogP contribution in [0, 0.1) is 5.41 Å². The third kappa shape index (κ3) is 1.61. The average molecular weight is 211 g/mol. The Labute approximate surface area is 90.0 Å². The van der Waals surface area contributed by atoms with Crippen LogP contribution in [0.15, 0.2) is 18.2 Å². The number of rotatable bonds is 0. The summed E-state index contributed by atoms with van der Waals surface area (Å²) in [4.78, 5) is 0. The highest BCUT2D eigenvalue weighted by Gasteiger charge is 2.33. The highest BCUT2D eigenvalue weighted by atomic mass is 35.5. The van der Waals surface area contributed by atoms with Crippen molar-refractivity contribution in [1.82, 2.24) is 0 Å². The minimum Gasteiger partial charge on any atom is -0.493 e. The van der Waals surface area contributed by atoms with Crippen LogP contribution in [0.5, 0.6) is 5.75 Å². The van der Waals surface area contributed by atoms with Crippen LogP contribution < -0.4 is 4.74 Å². The van der Waals surface area contributed by atoms with Crippen LogP contribution in [0.3, 0.4) is 0 Å². The van der Waals surface area contributed by atoms with Gasteiger partial charge in [0.2, 0.25) is 0 Å². The molecule has 1 aliphatic rings. The summed E-state index contributed by atoms with van der Waals surface area (Å²) in [5, 5.41) is 0.748. The van der Waals surface area contributed by atoms with Gasteiger partial charge in [-0.2, -0.15) is 0 Å². The van der Waals surface area contributed by atoms with Gasteiger partial charge in [0.15, 0.2) is 0 Å². The van der Waals surface area contributed by atoms with E-state index in [0.29, 0.717) is 5.92 Å². The monoisotopic (exact) mass is 210 g/mol. The molecule has 0 saturated carbocycles. The van der Waals surface area contributed by atoms with Gasteiger partial charge in [-0.1, -0.05) is 38.4 Å². The number of hydrogen-bond acceptors (Lipinski definition) is 1. The molecule has 1 aromatic carbocycles. The fourth-order valence-corrected chi connectivity index (χ4v) is 2.06. The summed E-state index contributed by atoms with van der Waals surface area (Å²) in [6.45, 7) is 7.50. The minimum absolute atomic E-state index is 0.249. The van der Waals surface area contributed by atoms with Gasteiger partial charge in [-0.05, 0) is 17.5 Å². The van der Waals surface area contributed by atoms with Crippen molar-refractivity contribution in [2.24, 2.45) is 5.41 Å². The summed E-state index contributed by atoms with van der Waals surface area (Å²) >= 11 is 5.91.